The molecule has 1 amide bonds. The van der Waals surface area contributed by atoms with Crippen molar-refractivity contribution in [3.8, 4) is 5.75 Å². The average molecular weight is 481 g/mol. The number of fused-ring (bicyclic) bond motifs is 4. The monoisotopic (exact) mass is 480 g/mol. The molecule has 3 N–H and O–H groups in total. The third kappa shape index (κ3) is 3.52. The summed E-state index contributed by atoms with van der Waals surface area (Å²) in [7, 11) is 0. The van der Waals surface area contributed by atoms with E-state index in [2.05, 4.69) is 10.2 Å². The predicted octanol–water partition coefficient (Wildman–Crippen LogP) is 0.853. The number of morpholine rings is 1. The van der Waals surface area contributed by atoms with Gasteiger partial charge < -0.3 is 29.8 Å². The lowest BCUT2D eigenvalue weighted by Gasteiger charge is -2.35. The van der Waals surface area contributed by atoms with Crippen LogP contribution in [0.1, 0.15) is 23.7 Å². The summed E-state index contributed by atoms with van der Waals surface area (Å²) in [6, 6.07) is 8.65. The molecule has 1 fully saturated rings. The molecule has 1 aromatic carbocycles. The third-order valence-electron chi connectivity index (χ3n) is 6.83. The highest BCUT2D eigenvalue weighted by molar-refractivity contribution is 6.17. The van der Waals surface area contributed by atoms with Gasteiger partial charge in [-0.15, -0.1) is 0 Å². The van der Waals surface area contributed by atoms with Crippen LogP contribution < -0.4 is 21.3 Å². The maximum absolute atomic E-state index is 14.1. The Balaban J connectivity index is 1.72. The van der Waals surface area contributed by atoms with Gasteiger partial charge in [-0.2, -0.15) is 0 Å². The highest BCUT2D eigenvalue weighted by Crippen LogP contribution is 2.52. The van der Waals surface area contributed by atoms with Crippen LogP contribution in [0.15, 0.2) is 46.6 Å². The number of anilines is 1. The molecular formula is C25H28N4O6. The van der Waals surface area contributed by atoms with Gasteiger partial charge in [-0.05, 0) is 19.9 Å². The predicted molar refractivity (Wildman–Crippen MR) is 127 cm³/mol. The SMILES string of the molecule is CCOC(=O)C1=C(N)Oc2cc(C)n(CCN3CCOCC3)c(=O)c2[C@@]12C(=O)Nc1ccccc12. The van der Waals surface area contributed by atoms with E-state index < -0.39 is 22.9 Å². The van der Waals surface area contributed by atoms with Gasteiger partial charge >= 0.3 is 5.97 Å². The topological polar surface area (TPSA) is 125 Å². The van der Waals surface area contributed by atoms with E-state index in [0.29, 0.717) is 43.2 Å². The number of rotatable bonds is 5. The molecule has 184 valence electrons. The van der Waals surface area contributed by atoms with Gasteiger partial charge in [-0.1, -0.05) is 18.2 Å². The molecule has 1 aromatic heterocycles. The van der Waals surface area contributed by atoms with Crippen molar-refractivity contribution in [3.05, 3.63) is 69.0 Å². The molecule has 4 heterocycles. The molecule has 5 rings (SSSR count). The molecule has 0 radical (unpaired) electrons. The van der Waals surface area contributed by atoms with Crippen molar-refractivity contribution >= 4 is 17.6 Å². The summed E-state index contributed by atoms with van der Waals surface area (Å²) in [6.07, 6.45) is 0. The van der Waals surface area contributed by atoms with Gasteiger partial charge in [-0.3, -0.25) is 14.5 Å². The molecule has 0 aliphatic carbocycles. The molecule has 2 aromatic rings. The average Bonchev–Trinajstić information content (AvgIpc) is 3.11. The van der Waals surface area contributed by atoms with Crippen LogP contribution in [0.5, 0.6) is 5.75 Å². The number of nitrogens with zero attached hydrogens (tertiary/aromatic N) is 2. The molecule has 35 heavy (non-hydrogen) atoms. The van der Waals surface area contributed by atoms with Crippen LogP contribution in [-0.4, -0.2) is 60.8 Å². The minimum Gasteiger partial charge on any atom is -0.462 e. The Bertz CT molecular complexity index is 1290. The molecule has 0 unspecified atom stereocenters. The normalized spacial score (nSPS) is 21.4. The first-order chi connectivity index (χ1) is 16.9. The number of nitrogens with two attached hydrogens (primary N) is 1. The fourth-order valence-electron chi connectivity index (χ4n) is 5.20. The summed E-state index contributed by atoms with van der Waals surface area (Å²) in [5.41, 5.74) is 5.55. The van der Waals surface area contributed by atoms with Gasteiger partial charge in [0.25, 0.3) is 5.56 Å². The van der Waals surface area contributed by atoms with Crippen molar-refractivity contribution in [3.63, 3.8) is 0 Å². The molecule has 10 heteroatoms. The standard InChI is InChI=1S/C25H28N4O6/c1-3-34-23(31)20-21(26)35-18-14-15(2)29(9-8-28-10-12-33-13-11-28)22(30)19(18)25(20)16-6-4-5-7-17(16)27-24(25)32/h4-7,14H,3,8-13,26H2,1-2H3,(H,27,32)/t25-/m1/s1. The van der Waals surface area contributed by atoms with Crippen LogP contribution >= 0.6 is 0 Å². The van der Waals surface area contributed by atoms with E-state index in [1.54, 1.807) is 48.7 Å². The van der Waals surface area contributed by atoms with E-state index in [1.165, 1.54) is 0 Å². The number of ether oxygens (including phenoxy) is 3. The van der Waals surface area contributed by atoms with Gasteiger partial charge in [0.1, 0.15) is 16.7 Å². The quantitative estimate of drug-likeness (QED) is 0.604. The second kappa shape index (κ2) is 8.86. The summed E-state index contributed by atoms with van der Waals surface area (Å²) < 4.78 is 18.1. The first-order valence-corrected chi connectivity index (χ1v) is 11.7. The number of carbonyl (C=O) groups is 2. The zero-order valence-electron chi connectivity index (χ0n) is 19.8. The molecule has 3 aliphatic rings. The van der Waals surface area contributed by atoms with Crippen LogP contribution in [0.2, 0.25) is 0 Å². The molecular weight excluding hydrogens is 452 g/mol. The fourth-order valence-corrected chi connectivity index (χ4v) is 5.20. The van der Waals surface area contributed by atoms with Crippen molar-refractivity contribution in [2.45, 2.75) is 25.8 Å². The van der Waals surface area contributed by atoms with Gasteiger partial charge in [0.05, 0.1) is 25.4 Å². The first-order valence-electron chi connectivity index (χ1n) is 11.7. The number of hydrogen-bond acceptors (Lipinski definition) is 8. The van der Waals surface area contributed by atoms with Crippen molar-refractivity contribution in [1.82, 2.24) is 9.47 Å². The summed E-state index contributed by atoms with van der Waals surface area (Å²) in [5.74, 6) is -1.45. The van der Waals surface area contributed by atoms with E-state index in [4.69, 9.17) is 19.9 Å². The fraction of sp³-hybridized carbons (Fsp3) is 0.400. The van der Waals surface area contributed by atoms with Gasteiger partial charge in [-0.25, -0.2) is 4.79 Å². The lowest BCUT2D eigenvalue weighted by molar-refractivity contribution is -0.140. The Hall–Kier alpha value is -3.63. The molecule has 0 bridgehead atoms. The molecule has 0 saturated carbocycles. The van der Waals surface area contributed by atoms with Crippen molar-refractivity contribution < 1.29 is 23.8 Å². The van der Waals surface area contributed by atoms with Crippen LogP contribution in [0.3, 0.4) is 0 Å². The van der Waals surface area contributed by atoms with E-state index in [1.807, 2.05) is 0 Å². The van der Waals surface area contributed by atoms with Crippen LogP contribution in [-0.2, 0) is 31.0 Å². The zero-order chi connectivity index (χ0) is 24.7. The number of para-hydroxylation sites is 1. The Morgan fingerprint density at radius 1 is 1.20 bits per heavy atom. The number of carbonyl (C=O) groups excluding carboxylic acids is 2. The van der Waals surface area contributed by atoms with E-state index in [-0.39, 0.29) is 29.4 Å². The van der Waals surface area contributed by atoms with E-state index in [9.17, 15) is 14.4 Å². The minimum absolute atomic E-state index is 0.0600. The van der Waals surface area contributed by atoms with Crippen LogP contribution in [0.25, 0.3) is 0 Å². The molecule has 1 atom stereocenters. The summed E-state index contributed by atoms with van der Waals surface area (Å²) in [5, 5.41) is 2.83. The number of hydrogen-bond donors (Lipinski definition) is 2. The van der Waals surface area contributed by atoms with Crippen molar-refractivity contribution in [1.29, 1.82) is 0 Å². The van der Waals surface area contributed by atoms with Crippen molar-refractivity contribution in [2.75, 3.05) is 44.8 Å². The Morgan fingerprint density at radius 2 is 1.94 bits per heavy atom. The highest BCUT2D eigenvalue weighted by atomic mass is 16.5. The number of benzene rings is 1. The number of aryl methyl sites for hydroxylation is 1. The van der Waals surface area contributed by atoms with E-state index >= 15 is 0 Å². The lowest BCUT2D eigenvalue weighted by Crippen LogP contribution is -2.50. The second-order valence-electron chi connectivity index (χ2n) is 8.75. The van der Waals surface area contributed by atoms with Crippen LogP contribution in [0, 0.1) is 6.92 Å². The Morgan fingerprint density at radius 3 is 2.69 bits per heavy atom. The van der Waals surface area contributed by atoms with Crippen molar-refractivity contribution in [2.24, 2.45) is 5.73 Å². The Kier molecular flexibility index (Phi) is 5.86. The largest absolute Gasteiger partial charge is 0.462 e. The first kappa shape index (κ1) is 23.1. The maximum Gasteiger partial charge on any atom is 0.341 e. The van der Waals surface area contributed by atoms with Gasteiger partial charge in [0, 0.05) is 49.2 Å². The minimum atomic E-state index is -1.79. The number of aromatic nitrogens is 1. The highest BCUT2D eigenvalue weighted by Gasteiger charge is 2.60. The molecule has 1 saturated heterocycles. The summed E-state index contributed by atoms with van der Waals surface area (Å²) in [6.45, 7) is 7.45. The smallest absolute Gasteiger partial charge is 0.341 e. The lowest BCUT2D eigenvalue weighted by atomic mass is 9.68. The summed E-state index contributed by atoms with van der Waals surface area (Å²) in [4.78, 5) is 43.3. The Labute approximate surface area is 202 Å². The zero-order valence-corrected chi connectivity index (χ0v) is 19.8. The number of amides is 1. The summed E-state index contributed by atoms with van der Waals surface area (Å²) >= 11 is 0. The molecule has 1 spiro atoms. The molecule has 10 nitrogen and oxygen atoms in total. The van der Waals surface area contributed by atoms with E-state index in [0.717, 1.165) is 13.1 Å². The molecule has 3 aliphatic heterocycles. The van der Waals surface area contributed by atoms with Crippen LogP contribution in [0.4, 0.5) is 5.69 Å². The number of nitrogens with one attached hydrogen (secondary N) is 1. The second-order valence-corrected chi connectivity index (χ2v) is 8.75. The van der Waals surface area contributed by atoms with Gasteiger partial charge in [0.2, 0.25) is 11.8 Å². The third-order valence-corrected chi connectivity index (χ3v) is 6.83. The number of esters is 1. The maximum atomic E-state index is 14.1. The number of pyridine rings is 1. The van der Waals surface area contributed by atoms with Gasteiger partial charge in [0.15, 0.2) is 0 Å².